The van der Waals surface area contributed by atoms with E-state index in [9.17, 15) is 9.90 Å². The summed E-state index contributed by atoms with van der Waals surface area (Å²) >= 11 is 0. The number of amides is 1. The quantitative estimate of drug-likeness (QED) is 0.714. The van der Waals surface area contributed by atoms with Gasteiger partial charge in [0.1, 0.15) is 0 Å². The van der Waals surface area contributed by atoms with Crippen LogP contribution in [0, 0.1) is 0 Å². The molecule has 0 spiro atoms. The lowest BCUT2D eigenvalue weighted by Crippen LogP contribution is -2.48. The first-order valence-electron chi connectivity index (χ1n) is 6.58. The van der Waals surface area contributed by atoms with Gasteiger partial charge in [-0.2, -0.15) is 4.98 Å². The molecule has 1 amide bonds. The number of hydrogen-bond donors (Lipinski definition) is 3. The van der Waals surface area contributed by atoms with Crippen molar-refractivity contribution in [2.45, 2.75) is 44.7 Å². The maximum Gasteiger partial charge on any atom is 0.293 e. The third-order valence-corrected chi connectivity index (χ3v) is 3.55. The van der Waals surface area contributed by atoms with Gasteiger partial charge in [-0.25, -0.2) is 0 Å². The third kappa shape index (κ3) is 3.10. The summed E-state index contributed by atoms with van der Waals surface area (Å²) in [5, 5.41) is 18.9. The zero-order valence-corrected chi connectivity index (χ0v) is 11.3. The molecule has 1 aliphatic heterocycles. The van der Waals surface area contributed by atoms with E-state index in [1.165, 1.54) is 0 Å². The molecule has 1 aromatic heterocycles. The molecule has 19 heavy (non-hydrogen) atoms. The van der Waals surface area contributed by atoms with E-state index < -0.39 is 11.4 Å². The van der Waals surface area contributed by atoms with Crippen LogP contribution in [-0.2, 0) is 0 Å². The molecule has 0 aliphatic carbocycles. The second kappa shape index (κ2) is 5.66. The van der Waals surface area contributed by atoms with Crippen molar-refractivity contribution in [3.63, 3.8) is 0 Å². The van der Waals surface area contributed by atoms with Gasteiger partial charge in [0.2, 0.25) is 5.89 Å². The second-order valence-corrected chi connectivity index (χ2v) is 5.13. The van der Waals surface area contributed by atoms with Crippen molar-refractivity contribution in [2.24, 2.45) is 0 Å². The number of aliphatic hydroxyl groups is 1. The predicted molar refractivity (Wildman–Crippen MR) is 67.5 cm³/mol. The smallest absolute Gasteiger partial charge is 0.293 e. The molecule has 2 unspecified atom stereocenters. The van der Waals surface area contributed by atoms with Crippen LogP contribution in [0.1, 0.15) is 55.7 Å². The van der Waals surface area contributed by atoms with Crippen LogP contribution in [0.2, 0.25) is 0 Å². The number of nitrogens with zero attached hydrogens (tertiary/aromatic N) is 2. The predicted octanol–water partition coefficient (Wildman–Crippen LogP) is 0.385. The average Bonchev–Trinajstić information content (AvgIpc) is 3.08. The normalized spacial score (nSPS) is 22.2. The topological polar surface area (TPSA) is 100 Å². The summed E-state index contributed by atoms with van der Waals surface area (Å²) in [4.78, 5) is 16.1. The number of aromatic nitrogens is 2. The highest BCUT2D eigenvalue weighted by molar-refractivity contribution is 5.90. The Hall–Kier alpha value is -1.47. The summed E-state index contributed by atoms with van der Waals surface area (Å²) < 4.78 is 5.10. The second-order valence-electron chi connectivity index (χ2n) is 5.13. The molecule has 7 nitrogen and oxygen atoms in total. The zero-order chi connectivity index (χ0) is 13.9. The Kier molecular flexibility index (Phi) is 4.16. The molecule has 1 aliphatic rings. The molecular formula is C12H20N4O3. The van der Waals surface area contributed by atoms with Gasteiger partial charge in [0, 0.05) is 0 Å². The van der Waals surface area contributed by atoms with Gasteiger partial charge >= 0.3 is 0 Å². The van der Waals surface area contributed by atoms with Crippen molar-refractivity contribution in [2.75, 3.05) is 13.2 Å². The lowest BCUT2D eigenvalue weighted by atomic mass is 10.0. The third-order valence-electron chi connectivity index (χ3n) is 3.55. The Morgan fingerprint density at radius 2 is 2.47 bits per heavy atom. The van der Waals surface area contributed by atoms with Crippen molar-refractivity contribution < 1.29 is 14.4 Å². The van der Waals surface area contributed by atoms with Gasteiger partial charge in [-0.1, -0.05) is 12.1 Å². The van der Waals surface area contributed by atoms with Gasteiger partial charge in [0.05, 0.1) is 18.2 Å². The van der Waals surface area contributed by atoms with Crippen molar-refractivity contribution in [1.29, 1.82) is 0 Å². The molecule has 106 valence electrons. The Bertz CT molecular complexity index is 436. The number of hydrogen-bond acceptors (Lipinski definition) is 6. The van der Waals surface area contributed by atoms with Crippen LogP contribution >= 0.6 is 0 Å². The average molecular weight is 268 g/mol. The lowest BCUT2D eigenvalue weighted by molar-refractivity contribution is 0.0834. The van der Waals surface area contributed by atoms with E-state index in [-0.39, 0.29) is 18.5 Å². The van der Waals surface area contributed by atoms with Crippen LogP contribution < -0.4 is 10.6 Å². The van der Waals surface area contributed by atoms with Crippen molar-refractivity contribution >= 4 is 5.91 Å². The van der Waals surface area contributed by atoms with E-state index in [0.29, 0.717) is 12.3 Å². The summed E-state index contributed by atoms with van der Waals surface area (Å²) in [7, 11) is 0. The summed E-state index contributed by atoms with van der Waals surface area (Å²) in [6, 6.07) is 0.0458. The molecule has 7 heteroatoms. The minimum atomic E-state index is -0.663. The molecule has 0 bridgehead atoms. The zero-order valence-electron chi connectivity index (χ0n) is 11.3. The number of carbonyl (C=O) groups excluding carboxylic acids is 1. The van der Waals surface area contributed by atoms with Gasteiger partial charge < -0.3 is 20.3 Å². The van der Waals surface area contributed by atoms with Crippen molar-refractivity contribution in [1.82, 2.24) is 20.8 Å². The molecule has 1 aromatic rings. The number of nitrogens with one attached hydrogen (secondary N) is 2. The monoisotopic (exact) mass is 268 g/mol. The molecule has 0 radical (unpaired) electrons. The Labute approximate surface area is 111 Å². The standard InChI is InChI=1S/C12H20N4O3/c1-3-12(2,7-17)15-10(18)9-14-11(19-16-9)8-5-4-6-13-8/h8,13,17H,3-7H2,1-2H3,(H,15,18). The largest absolute Gasteiger partial charge is 0.394 e. The molecule has 0 saturated carbocycles. The number of rotatable bonds is 5. The summed E-state index contributed by atoms with van der Waals surface area (Å²) in [5.41, 5.74) is -0.663. The number of aliphatic hydroxyl groups excluding tert-OH is 1. The Morgan fingerprint density at radius 3 is 3.05 bits per heavy atom. The SMILES string of the molecule is CCC(C)(CO)NC(=O)c1noc(C2CCCN2)n1. The summed E-state index contributed by atoms with van der Waals surface area (Å²) in [6.45, 7) is 4.45. The summed E-state index contributed by atoms with van der Waals surface area (Å²) in [5.74, 6) is 0.0353. The van der Waals surface area contributed by atoms with Crippen molar-refractivity contribution in [3.8, 4) is 0 Å². The first kappa shape index (κ1) is 14.0. The van der Waals surface area contributed by atoms with E-state index in [2.05, 4.69) is 20.8 Å². The van der Waals surface area contributed by atoms with E-state index in [4.69, 9.17) is 4.52 Å². The molecule has 1 saturated heterocycles. The highest BCUT2D eigenvalue weighted by Crippen LogP contribution is 2.21. The van der Waals surface area contributed by atoms with Gasteiger partial charge in [0.25, 0.3) is 11.7 Å². The molecule has 0 aromatic carbocycles. The maximum atomic E-state index is 12.0. The fourth-order valence-corrected chi connectivity index (χ4v) is 1.93. The first-order chi connectivity index (χ1) is 9.08. The lowest BCUT2D eigenvalue weighted by Gasteiger charge is -2.26. The van der Waals surface area contributed by atoms with Crippen LogP contribution in [-0.4, -0.2) is 39.8 Å². The van der Waals surface area contributed by atoms with Gasteiger partial charge in [-0.05, 0) is 32.7 Å². The van der Waals surface area contributed by atoms with Crippen LogP contribution in [0.25, 0.3) is 0 Å². The first-order valence-corrected chi connectivity index (χ1v) is 6.58. The van der Waals surface area contributed by atoms with E-state index in [1.54, 1.807) is 6.92 Å². The van der Waals surface area contributed by atoms with Gasteiger partial charge in [0.15, 0.2) is 0 Å². The fourth-order valence-electron chi connectivity index (χ4n) is 1.93. The maximum absolute atomic E-state index is 12.0. The minimum absolute atomic E-state index is 0.0109. The van der Waals surface area contributed by atoms with E-state index >= 15 is 0 Å². The molecule has 3 N–H and O–H groups in total. The van der Waals surface area contributed by atoms with Crippen LogP contribution in [0.15, 0.2) is 4.52 Å². The van der Waals surface area contributed by atoms with E-state index in [1.807, 2.05) is 6.92 Å². The summed E-state index contributed by atoms with van der Waals surface area (Å²) in [6.07, 6.45) is 2.61. The Balaban J connectivity index is 2.03. The Morgan fingerprint density at radius 1 is 1.68 bits per heavy atom. The van der Waals surface area contributed by atoms with Crippen LogP contribution in [0.4, 0.5) is 0 Å². The van der Waals surface area contributed by atoms with Gasteiger partial charge in [-0.3, -0.25) is 4.79 Å². The minimum Gasteiger partial charge on any atom is -0.394 e. The van der Waals surface area contributed by atoms with E-state index in [0.717, 1.165) is 19.4 Å². The molecule has 2 rings (SSSR count). The highest BCUT2D eigenvalue weighted by Gasteiger charge is 2.28. The van der Waals surface area contributed by atoms with Crippen LogP contribution in [0.5, 0.6) is 0 Å². The number of carbonyl (C=O) groups is 1. The molecule has 2 atom stereocenters. The highest BCUT2D eigenvalue weighted by atomic mass is 16.5. The van der Waals surface area contributed by atoms with Crippen molar-refractivity contribution in [3.05, 3.63) is 11.7 Å². The molecule has 2 heterocycles. The molecule has 1 fully saturated rings. The van der Waals surface area contributed by atoms with Gasteiger partial charge in [-0.15, -0.1) is 0 Å². The fraction of sp³-hybridized carbons (Fsp3) is 0.750. The molecular weight excluding hydrogens is 248 g/mol. The van der Waals surface area contributed by atoms with Crippen LogP contribution in [0.3, 0.4) is 0 Å².